The maximum atomic E-state index is 12.4. The van der Waals surface area contributed by atoms with Crippen LogP contribution in [-0.2, 0) is 21.2 Å². The minimum Gasteiger partial charge on any atom is -0.467 e. The molecular weight excluding hydrogens is 462 g/mol. The van der Waals surface area contributed by atoms with Crippen LogP contribution < -0.4 is 15.1 Å². The summed E-state index contributed by atoms with van der Waals surface area (Å²) in [6.45, 7) is 0.155. The van der Waals surface area contributed by atoms with E-state index in [9.17, 15) is 18.5 Å². The number of aliphatic imine (C=N–C) groups is 1. The minimum atomic E-state index is -3.14. The molecule has 1 amide bonds. The summed E-state index contributed by atoms with van der Waals surface area (Å²) in [4.78, 5) is 20.7. The van der Waals surface area contributed by atoms with Gasteiger partial charge in [-0.1, -0.05) is 11.8 Å². The number of hydrogen-bond donors (Lipinski definition) is 1. The van der Waals surface area contributed by atoms with Gasteiger partial charge in [-0.05, 0) is 36.4 Å². The van der Waals surface area contributed by atoms with Crippen LogP contribution in [0.25, 0.3) is 0 Å². The molecule has 0 aliphatic carbocycles. The van der Waals surface area contributed by atoms with Crippen molar-refractivity contribution in [2.24, 2.45) is 4.99 Å². The number of hydrogen-bond acceptors (Lipinski definition) is 8. The van der Waals surface area contributed by atoms with Crippen LogP contribution in [0.5, 0.6) is 0 Å². The van der Waals surface area contributed by atoms with Crippen molar-refractivity contribution in [2.45, 2.75) is 17.8 Å². The van der Waals surface area contributed by atoms with Crippen molar-refractivity contribution in [1.29, 1.82) is 5.26 Å². The molecule has 0 saturated carbocycles. The van der Waals surface area contributed by atoms with Gasteiger partial charge in [0.25, 0.3) is 5.91 Å². The number of fused-ring (bicyclic) bond motifs is 1. The smallest absolute Gasteiger partial charge is 0.263 e. The molecule has 1 N–H and O–H groups in total. The Labute approximate surface area is 196 Å². The van der Waals surface area contributed by atoms with Crippen molar-refractivity contribution < 1.29 is 17.6 Å². The van der Waals surface area contributed by atoms with Gasteiger partial charge in [0.15, 0.2) is 15.0 Å². The Morgan fingerprint density at radius 1 is 1.33 bits per heavy atom. The lowest BCUT2D eigenvalue weighted by molar-refractivity contribution is -0.117. The van der Waals surface area contributed by atoms with Crippen LogP contribution in [0.1, 0.15) is 5.76 Å². The number of thioether (sulfide) groups is 1. The molecule has 2 aliphatic heterocycles. The normalized spacial score (nSPS) is 22.8. The molecule has 0 bridgehead atoms. The fourth-order valence-corrected chi connectivity index (χ4v) is 7.61. The van der Waals surface area contributed by atoms with Gasteiger partial charge in [0.1, 0.15) is 17.4 Å². The fourth-order valence-electron chi connectivity index (χ4n) is 3.72. The number of carbonyl (C=O) groups excluding carboxylic acids is 1. The number of amides is 1. The van der Waals surface area contributed by atoms with Gasteiger partial charge in [0.2, 0.25) is 0 Å². The van der Waals surface area contributed by atoms with E-state index in [1.165, 1.54) is 24.2 Å². The molecule has 2 aromatic rings. The van der Waals surface area contributed by atoms with E-state index in [1.807, 2.05) is 54.2 Å². The van der Waals surface area contributed by atoms with E-state index in [0.717, 1.165) is 11.4 Å². The Morgan fingerprint density at radius 3 is 2.73 bits per heavy atom. The average molecular weight is 486 g/mol. The molecule has 9 nitrogen and oxygen atoms in total. The van der Waals surface area contributed by atoms with Crippen molar-refractivity contribution in [1.82, 2.24) is 5.32 Å². The Morgan fingerprint density at radius 2 is 2.09 bits per heavy atom. The third kappa shape index (κ3) is 5.07. The molecule has 0 spiro atoms. The zero-order chi connectivity index (χ0) is 23.6. The van der Waals surface area contributed by atoms with Crippen molar-refractivity contribution in [3.8, 4) is 6.07 Å². The van der Waals surface area contributed by atoms with Gasteiger partial charge in [-0.2, -0.15) is 5.26 Å². The lowest BCUT2D eigenvalue weighted by Gasteiger charge is -2.25. The van der Waals surface area contributed by atoms with Crippen molar-refractivity contribution in [2.75, 3.05) is 35.4 Å². The van der Waals surface area contributed by atoms with E-state index in [0.29, 0.717) is 10.9 Å². The predicted octanol–water partition coefficient (Wildman–Crippen LogP) is 2.14. The largest absolute Gasteiger partial charge is 0.467 e. The minimum absolute atomic E-state index is 0.0393. The van der Waals surface area contributed by atoms with E-state index >= 15 is 0 Å². The predicted molar refractivity (Wildman–Crippen MR) is 129 cm³/mol. The zero-order valence-electron chi connectivity index (χ0n) is 18.1. The SMILES string of the molecule is CN(C)c1ccc(N2C(=N/C=C(\C#N)C(=O)NCc3ccco3)S[C@H]3CS(=O)(=O)C[C@H]32)cc1. The maximum Gasteiger partial charge on any atom is 0.263 e. The summed E-state index contributed by atoms with van der Waals surface area (Å²) < 4.78 is 29.7. The molecule has 0 radical (unpaired) electrons. The first-order chi connectivity index (χ1) is 15.8. The van der Waals surface area contributed by atoms with E-state index in [2.05, 4.69) is 10.3 Å². The maximum absolute atomic E-state index is 12.4. The number of rotatable bonds is 6. The number of benzene rings is 1. The topological polar surface area (TPSA) is 119 Å². The zero-order valence-corrected chi connectivity index (χ0v) is 19.8. The molecule has 2 aliphatic rings. The second-order valence-electron chi connectivity index (χ2n) is 7.91. The number of sulfone groups is 1. The first kappa shape index (κ1) is 22.9. The molecule has 172 valence electrons. The molecular formula is C22H23N5O4S2. The molecule has 3 heterocycles. The molecule has 4 rings (SSSR count). The molecule has 2 atom stereocenters. The second kappa shape index (κ2) is 9.33. The summed E-state index contributed by atoms with van der Waals surface area (Å²) in [7, 11) is 0.749. The van der Waals surface area contributed by atoms with E-state index < -0.39 is 15.7 Å². The van der Waals surface area contributed by atoms with Crippen molar-refractivity contribution in [3.63, 3.8) is 0 Å². The van der Waals surface area contributed by atoms with Crippen LogP contribution in [0.15, 0.2) is 63.8 Å². The van der Waals surface area contributed by atoms with Gasteiger partial charge in [0, 0.05) is 30.7 Å². The summed E-state index contributed by atoms with van der Waals surface area (Å²) in [5, 5.41) is 12.5. The summed E-state index contributed by atoms with van der Waals surface area (Å²) >= 11 is 1.36. The van der Waals surface area contributed by atoms with Crippen LogP contribution in [0.3, 0.4) is 0 Å². The van der Waals surface area contributed by atoms with Crippen LogP contribution in [0, 0.1) is 11.3 Å². The van der Waals surface area contributed by atoms with Crippen LogP contribution in [0.4, 0.5) is 11.4 Å². The number of anilines is 2. The standard InChI is InChI=1S/C22H23N5O4S2/c1-26(2)16-5-7-17(8-6-16)27-19-13-33(29,30)14-20(19)32-22(27)25-11-15(10-23)21(28)24-12-18-4-3-9-31-18/h3-9,11,19-20H,12-14H2,1-2H3,(H,24,28)/b15-11+,25-22?/t19-,20+/m1/s1. The number of nitriles is 1. The summed E-state index contributed by atoms with van der Waals surface area (Å²) in [6.07, 6.45) is 2.74. The summed E-state index contributed by atoms with van der Waals surface area (Å²) in [6, 6.07) is 12.8. The number of nitrogens with one attached hydrogen (secondary N) is 1. The van der Waals surface area contributed by atoms with Gasteiger partial charge in [-0.25, -0.2) is 13.4 Å². The molecule has 11 heteroatoms. The van der Waals surface area contributed by atoms with Gasteiger partial charge in [0.05, 0.1) is 36.6 Å². The average Bonchev–Trinajstić information content (AvgIpc) is 3.47. The Balaban J connectivity index is 1.59. The third-order valence-electron chi connectivity index (χ3n) is 5.38. The number of amidine groups is 1. The van der Waals surface area contributed by atoms with Gasteiger partial charge >= 0.3 is 0 Å². The van der Waals surface area contributed by atoms with Gasteiger partial charge in [-0.15, -0.1) is 0 Å². The second-order valence-corrected chi connectivity index (χ2v) is 11.3. The highest BCUT2D eigenvalue weighted by molar-refractivity contribution is 8.16. The monoisotopic (exact) mass is 485 g/mol. The van der Waals surface area contributed by atoms with Crippen LogP contribution in [0.2, 0.25) is 0 Å². The van der Waals surface area contributed by atoms with E-state index in [4.69, 9.17) is 4.42 Å². The third-order valence-corrected chi connectivity index (χ3v) is 8.61. The Kier molecular flexibility index (Phi) is 6.49. The molecule has 0 unspecified atom stereocenters. The molecule has 1 aromatic heterocycles. The molecule has 2 saturated heterocycles. The highest BCUT2D eigenvalue weighted by atomic mass is 32.2. The lowest BCUT2D eigenvalue weighted by atomic mass is 10.2. The highest BCUT2D eigenvalue weighted by Crippen LogP contribution is 2.41. The summed E-state index contributed by atoms with van der Waals surface area (Å²) in [5.74, 6) is 0.120. The van der Waals surface area contributed by atoms with Gasteiger partial charge in [-0.3, -0.25) is 4.79 Å². The number of nitrogens with zero attached hydrogens (tertiary/aromatic N) is 4. The van der Waals surface area contributed by atoms with Crippen molar-refractivity contribution >= 4 is 44.0 Å². The Bertz CT molecular complexity index is 1230. The number of furan rings is 1. The number of carbonyl (C=O) groups is 1. The van der Waals surface area contributed by atoms with Crippen molar-refractivity contribution in [3.05, 3.63) is 60.2 Å². The quantitative estimate of drug-likeness (QED) is 0.488. The molecule has 1 aromatic carbocycles. The van der Waals surface area contributed by atoms with Crippen LogP contribution in [-0.4, -0.2) is 56.4 Å². The van der Waals surface area contributed by atoms with Gasteiger partial charge < -0.3 is 19.5 Å². The molecule has 33 heavy (non-hydrogen) atoms. The first-order valence-electron chi connectivity index (χ1n) is 10.2. The van der Waals surface area contributed by atoms with Crippen LogP contribution >= 0.6 is 11.8 Å². The van der Waals surface area contributed by atoms with E-state index in [-0.39, 0.29) is 34.9 Å². The summed E-state index contributed by atoms with van der Waals surface area (Å²) in [5.41, 5.74) is 1.67. The van der Waals surface area contributed by atoms with E-state index in [1.54, 1.807) is 12.1 Å². The first-order valence-corrected chi connectivity index (χ1v) is 12.9. The molecule has 2 fully saturated rings. The lowest BCUT2D eigenvalue weighted by Crippen LogP contribution is -2.37. The fraction of sp³-hybridized carbons (Fsp3) is 0.318. The Hall–Kier alpha value is -3.23. The highest BCUT2D eigenvalue weighted by Gasteiger charge is 2.49.